The lowest BCUT2D eigenvalue weighted by Crippen LogP contribution is -2.49. The number of rotatable bonds is 6. The van der Waals surface area contributed by atoms with Gasteiger partial charge in [-0.25, -0.2) is 9.59 Å². The Morgan fingerprint density at radius 3 is 2.44 bits per heavy atom. The van der Waals surface area contributed by atoms with Crippen molar-refractivity contribution in [3.8, 4) is 0 Å². The maximum atomic E-state index is 13.2. The number of carbonyl (C=O) groups excluding carboxylic acids is 5. The molecule has 9 heteroatoms. The number of hydrogen-bond donors (Lipinski definition) is 0. The molecule has 0 amide bonds. The zero-order chi connectivity index (χ0) is 25.5. The zero-order valence-electron chi connectivity index (χ0n) is 20.0. The van der Waals surface area contributed by atoms with E-state index in [0.717, 1.165) is 0 Å². The molecule has 0 radical (unpaired) electrons. The number of esters is 4. The minimum absolute atomic E-state index is 0.0211. The van der Waals surface area contributed by atoms with Gasteiger partial charge in [0.15, 0.2) is 5.78 Å². The van der Waals surface area contributed by atoms with Crippen molar-refractivity contribution >= 4 is 29.7 Å². The molecule has 184 valence electrons. The smallest absolute Gasteiger partial charge is 0.337 e. The second-order valence-electron chi connectivity index (χ2n) is 9.58. The maximum absolute atomic E-state index is 13.2. The van der Waals surface area contributed by atoms with Gasteiger partial charge in [-0.2, -0.15) is 0 Å². The molecule has 34 heavy (non-hydrogen) atoms. The Bertz CT molecular complexity index is 990. The van der Waals surface area contributed by atoms with Gasteiger partial charge in [0.1, 0.15) is 24.9 Å². The third-order valence-electron chi connectivity index (χ3n) is 6.96. The predicted octanol–water partition coefficient (Wildman–Crippen LogP) is 2.09. The number of hydrogen-bond acceptors (Lipinski definition) is 9. The molecule has 0 spiro atoms. The highest BCUT2D eigenvalue weighted by molar-refractivity contribution is 6.00. The van der Waals surface area contributed by atoms with E-state index in [-0.39, 0.29) is 23.5 Å². The summed E-state index contributed by atoms with van der Waals surface area (Å²) >= 11 is 0. The van der Waals surface area contributed by atoms with E-state index in [9.17, 15) is 24.0 Å². The van der Waals surface area contributed by atoms with Crippen LogP contribution in [0.25, 0.3) is 0 Å². The lowest BCUT2D eigenvalue weighted by molar-refractivity contribution is -0.172. The molecule has 2 fully saturated rings. The van der Waals surface area contributed by atoms with Crippen molar-refractivity contribution in [3.63, 3.8) is 0 Å². The summed E-state index contributed by atoms with van der Waals surface area (Å²) in [6.45, 7) is 15.1. The molecule has 9 nitrogen and oxygen atoms in total. The molecule has 0 aromatic carbocycles. The van der Waals surface area contributed by atoms with Gasteiger partial charge in [-0.1, -0.05) is 40.0 Å². The summed E-state index contributed by atoms with van der Waals surface area (Å²) in [6.07, 6.45) is 0.0636. The van der Waals surface area contributed by atoms with Crippen LogP contribution in [0.1, 0.15) is 34.6 Å². The molecule has 1 heterocycles. The lowest BCUT2D eigenvalue weighted by Gasteiger charge is -2.39. The Morgan fingerprint density at radius 1 is 1.21 bits per heavy atom. The molecule has 2 aliphatic carbocycles. The highest BCUT2D eigenvalue weighted by Crippen LogP contribution is 2.55. The van der Waals surface area contributed by atoms with Crippen molar-refractivity contribution in [2.24, 2.45) is 29.1 Å². The first-order valence-electron chi connectivity index (χ1n) is 11.2. The van der Waals surface area contributed by atoms with Crippen LogP contribution in [0.4, 0.5) is 0 Å². The summed E-state index contributed by atoms with van der Waals surface area (Å²) in [5, 5.41) is 0. The van der Waals surface area contributed by atoms with Crippen molar-refractivity contribution in [1.82, 2.24) is 0 Å². The largest absolute Gasteiger partial charge is 0.461 e. The van der Waals surface area contributed by atoms with Gasteiger partial charge in [0.05, 0.1) is 22.8 Å². The van der Waals surface area contributed by atoms with E-state index >= 15 is 0 Å². The van der Waals surface area contributed by atoms with Gasteiger partial charge in [0.25, 0.3) is 0 Å². The third-order valence-corrected chi connectivity index (χ3v) is 6.96. The van der Waals surface area contributed by atoms with Crippen LogP contribution in [-0.2, 0) is 42.9 Å². The van der Waals surface area contributed by atoms with Crippen molar-refractivity contribution in [2.45, 2.75) is 52.9 Å². The molecule has 0 bridgehead atoms. The van der Waals surface area contributed by atoms with Gasteiger partial charge in [-0.15, -0.1) is 0 Å². The first-order chi connectivity index (χ1) is 15.8. The molecular formula is C25H30O9. The van der Waals surface area contributed by atoms with Gasteiger partial charge in [0, 0.05) is 18.4 Å². The highest BCUT2D eigenvalue weighted by atomic mass is 16.6. The van der Waals surface area contributed by atoms with Gasteiger partial charge in [-0.05, 0) is 18.9 Å². The van der Waals surface area contributed by atoms with Gasteiger partial charge in [-0.3, -0.25) is 14.4 Å². The Balaban J connectivity index is 2.06. The first kappa shape index (κ1) is 25.4. The van der Waals surface area contributed by atoms with Gasteiger partial charge < -0.3 is 18.9 Å². The van der Waals surface area contributed by atoms with Crippen LogP contribution in [0, 0.1) is 29.1 Å². The first-order valence-corrected chi connectivity index (χ1v) is 11.2. The quantitative estimate of drug-likeness (QED) is 0.323. The standard InChI is InChI=1S/C25H30O9/c1-11(2)22(28)32-19-13(4)16-8-9-17(27)25(16,7)21(18-14(5)24(30)33-20(18)19)34-23(29)12(3)10-31-15(6)26/h8-9,11,13,16,18-21H,3,5,10H2,1-2,4,6-7H3/t13-,16-,18+,19+,20-,21-,25-/m0/s1. The van der Waals surface area contributed by atoms with Crippen LogP contribution in [0.3, 0.4) is 0 Å². The molecule has 7 atom stereocenters. The van der Waals surface area contributed by atoms with Gasteiger partial charge >= 0.3 is 23.9 Å². The summed E-state index contributed by atoms with van der Waals surface area (Å²) in [5.74, 6) is -5.29. The second-order valence-corrected chi connectivity index (χ2v) is 9.58. The van der Waals surface area contributed by atoms with E-state index < -0.39 is 71.3 Å². The average molecular weight is 475 g/mol. The van der Waals surface area contributed by atoms with Crippen LogP contribution in [0.5, 0.6) is 0 Å². The monoisotopic (exact) mass is 474 g/mol. The zero-order valence-corrected chi connectivity index (χ0v) is 20.0. The molecule has 0 aromatic rings. The summed E-state index contributed by atoms with van der Waals surface area (Å²) in [6, 6.07) is 0. The van der Waals surface area contributed by atoms with Crippen LogP contribution in [0.2, 0.25) is 0 Å². The Labute approximate surface area is 198 Å². The van der Waals surface area contributed by atoms with Crippen molar-refractivity contribution in [1.29, 1.82) is 0 Å². The maximum Gasteiger partial charge on any atom is 0.337 e. The molecule has 0 unspecified atom stereocenters. The van der Waals surface area contributed by atoms with Crippen LogP contribution in [-0.4, -0.2) is 54.6 Å². The number of ketones is 1. The SMILES string of the molecule is C=C(COC(C)=O)C(=O)O[C@H]1[C@@H]2C(=C)C(=O)O[C@@H]2[C@H](OC(=O)C(C)C)[C@@H](C)[C@@H]2C=CC(=O)[C@]21C. The topological polar surface area (TPSA) is 122 Å². The average Bonchev–Trinajstić information content (AvgIpc) is 3.21. The fraction of sp³-hybridized carbons (Fsp3) is 0.560. The van der Waals surface area contributed by atoms with E-state index in [1.165, 1.54) is 13.0 Å². The molecular weight excluding hydrogens is 444 g/mol. The fourth-order valence-electron chi connectivity index (χ4n) is 4.98. The Hall–Kier alpha value is -3.23. The minimum atomic E-state index is -1.28. The van der Waals surface area contributed by atoms with E-state index in [4.69, 9.17) is 18.9 Å². The number of fused-ring (bicyclic) bond motifs is 2. The summed E-state index contributed by atoms with van der Waals surface area (Å²) in [7, 11) is 0. The van der Waals surface area contributed by atoms with Crippen molar-refractivity contribution in [2.75, 3.05) is 6.61 Å². The minimum Gasteiger partial charge on any atom is -0.461 e. The number of ether oxygens (including phenoxy) is 4. The molecule has 3 aliphatic rings. The third kappa shape index (κ3) is 4.19. The summed E-state index contributed by atoms with van der Waals surface area (Å²) < 4.78 is 22.0. The molecule has 1 saturated heterocycles. The molecule has 1 aliphatic heterocycles. The second kappa shape index (κ2) is 9.19. The van der Waals surface area contributed by atoms with E-state index in [1.807, 2.05) is 0 Å². The molecule has 0 aromatic heterocycles. The Kier molecular flexibility index (Phi) is 6.87. The lowest BCUT2D eigenvalue weighted by atomic mass is 9.67. The van der Waals surface area contributed by atoms with Crippen LogP contribution < -0.4 is 0 Å². The van der Waals surface area contributed by atoms with Gasteiger partial charge in [0.2, 0.25) is 0 Å². The van der Waals surface area contributed by atoms with Crippen molar-refractivity contribution < 1.29 is 42.9 Å². The van der Waals surface area contributed by atoms with E-state index in [0.29, 0.717) is 0 Å². The fourth-order valence-corrected chi connectivity index (χ4v) is 4.98. The number of carbonyl (C=O) groups is 5. The highest BCUT2D eigenvalue weighted by Gasteiger charge is 2.65. The van der Waals surface area contributed by atoms with E-state index in [2.05, 4.69) is 13.2 Å². The molecule has 0 N–H and O–H groups in total. The summed E-state index contributed by atoms with van der Waals surface area (Å²) in [4.78, 5) is 62.3. The normalized spacial score (nSPS) is 34.1. The summed E-state index contributed by atoms with van der Waals surface area (Å²) in [5.41, 5.74) is -1.40. The van der Waals surface area contributed by atoms with Crippen LogP contribution in [0.15, 0.2) is 36.5 Å². The van der Waals surface area contributed by atoms with Crippen molar-refractivity contribution in [3.05, 3.63) is 36.5 Å². The van der Waals surface area contributed by atoms with E-state index in [1.54, 1.807) is 33.8 Å². The Morgan fingerprint density at radius 2 is 1.85 bits per heavy atom. The predicted molar refractivity (Wildman–Crippen MR) is 118 cm³/mol. The molecule has 1 saturated carbocycles. The molecule has 3 rings (SSSR count). The number of allylic oxidation sites excluding steroid dienone is 2. The van der Waals surface area contributed by atoms with Crippen LogP contribution >= 0.6 is 0 Å².